The summed E-state index contributed by atoms with van der Waals surface area (Å²) in [4.78, 5) is 0. The zero-order valence-electron chi connectivity index (χ0n) is 10.1. The third-order valence-corrected chi connectivity index (χ3v) is 1.63. The van der Waals surface area contributed by atoms with E-state index in [2.05, 4.69) is 18.3 Å². The lowest BCUT2D eigenvalue weighted by Gasteiger charge is -2.19. The molecule has 0 atom stereocenters. The highest BCUT2D eigenvalue weighted by molar-refractivity contribution is 5.53. The molecule has 0 saturated heterocycles. The summed E-state index contributed by atoms with van der Waals surface area (Å²) < 4.78 is 0. The fourth-order valence-corrected chi connectivity index (χ4v) is 0.978. The van der Waals surface area contributed by atoms with Gasteiger partial charge in [0.15, 0.2) is 0 Å². The Morgan fingerprint density at radius 1 is 1.20 bits per heavy atom. The molecule has 0 aromatic rings. The molecule has 0 aliphatic carbocycles. The monoisotopic (exact) mass is 204 g/mol. The molecule has 15 heavy (non-hydrogen) atoms. The zero-order valence-corrected chi connectivity index (χ0v) is 10.1. The Morgan fingerprint density at radius 2 is 1.80 bits per heavy atom. The van der Waals surface area contributed by atoms with Gasteiger partial charge in [-0.3, -0.25) is 0 Å². The maximum atomic E-state index is 4.21. The second-order valence-corrected chi connectivity index (χ2v) is 3.46. The van der Waals surface area contributed by atoms with Crippen molar-refractivity contribution in [1.29, 1.82) is 0 Å². The summed E-state index contributed by atoms with van der Waals surface area (Å²) >= 11 is 0. The van der Waals surface area contributed by atoms with E-state index in [-0.39, 0.29) is 0 Å². The van der Waals surface area contributed by atoms with Gasteiger partial charge < -0.3 is 0 Å². The Balaban J connectivity index is 5.06. The minimum absolute atomic E-state index is 0.862. The van der Waals surface area contributed by atoms with Gasteiger partial charge in [0.25, 0.3) is 0 Å². The van der Waals surface area contributed by atoms with Crippen LogP contribution in [0.4, 0.5) is 0 Å². The molecule has 0 rings (SSSR count). The van der Waals surface area contributed by atoms with Crippen LogP contribution in [-0.4, -0.2) is 11.2 Å². The predicted octanol–water partition coefficient (Wildman–Crippen LogP) is 3.86. The molecule has 2 nitrogen and oxygen atoms in total. The highest BCUT2D eigenvalue weighted by atomic mass is 15.5. The first-order valence-electron chi connectivity index (χ1n) is 4.94. The number of allylic oxidation sites excluding steroid dienone is 5. The lowest BCUT2D eigenvalue weighted by Crippen LogP contribution is -2.12. The minimum atomic E-state index is 0.862. The van der Waals surface area contributed by atoms with Crippen molar-refractivity contribution in [3.05, 3.63) is 48.4 Å². The van der Waals surface area contributed by atoms with Crippen LogP contribution in [0.5, 0.6) is 0 Å². The van der Waals surface area contributed by atoms with E-state index in [1.54, 1.807) is 17.3 Å². The van der Waals surface area contributed by atoms with Gasteiger partial charge in [0.1, 0.15) is 0 Å². The zero-order chi connectivity index (χ0) is 11.8. The molecule has 0 fully saturated rings. The Bertz CT molecular complexity index is 315. The molecule has 0 spiro atoms. The molecule has 82 valence electrons. The van der Waals surface area contributed by atoms with Crippen LogP contribution in [0.25, 0.3) is 0 Å². The van der Waals surface area contributed by atoms with E-state index in [0.717, 1.165) is 11.4 Å². The first-order chi connectivity index (χ1) is 7.02. The maximum absolute atomic E-state index is 4.21. The number of hydrogen-bond acceptors (Lipinski definition) is 2. The molecule has 0 bridgehead atoms. The van der Waals surface area contributed by atoms with Crippen LogP contribution < -0.4 is 0 Å². The van der Waals surface area contributed by atoms with Crippen molar-refractivity contribution in [3.63, 3.8) is 0 Å². The van der Waals surface area contributed by atoms with Gasteiger partial charge in [0, 0.05) is 11.9 Å². The summed E-state index contributed by atoms with van der Waals surface area (Å²) in [6, 6.07) is 0. The van der Waals surface area contributed by atoms with Gasteiger partial charge >= 0.3 is 0 Å². The summed E-state index contributed by atoms with van der Waals surface area (Å²) in [5, 5.41) is 5.97. The van der Waals surface area contributed by atoms with E-state index < -0.39 is 0 Å². The third-order valence-electron chi connectivity index (χ3n) is 1.63. The Labute approximate surface area is 93.0 Å². The maximum Gasteiger partial charge on any atom is 0.0642 e. The van der Waals surface area contributed by atoms with Gasteiger partial charge in [-0.1, -0.05) is 24.8 Å². The van der Waals surface area contributed by atoms with E-state index >= 15 is 0 Å². The van der Waals surface area contributed by atoms with Gasteiger partial charge in [-0.15, -0.1) is 0 Å². The van der Waals surface area contributed by atoms with Gasteiger partial charge in [-0.05, 0) is 39.8 Å². The summed E-state index contributed by atoms with van der Waals surface area (Å²) in [7, 11) is 0. The standard InChI is InChI=1S/C13H20N2/c1-7-13(10-9-11(3)4)15(12(5)6)14-8-2/h7-10H,1,5H2,2-4,6H3/b13-10+,14-8+. The van der Waals surface area contributed by atoms with Crippen molar-refractivity contribution >= 4 is 6.21 Å². The van der Waals surface area contributed by atoms with Crippen molar-refractivity contribution < 1.29 is 0 Å². The number of hydrogen-bond donors (Lipinski definition) is 0. The van der Waals surface area contributed by atoms with Crippen LogP contribution in [0.3, 0.4) is 0 Å². The van der Waals surface area contributed by atoms with E-state index in [4.69, 9.17) is 0 Å². The topological polar surface area (TPSA) is 15.6 Å². The lowest BCUT2D eigenvalue weighted by atomic mass is 10.2. The molecule has 0 saturated carbocycles. The molecule has 2 heteroatoms. The van der Waals surface area contributed by atoms with Crippen LogP contribution in [0.15, 0.2) is 53.5 Å². The average molecular weight is 204 g/mol. The molecule has 0 unspecified atom stereocenters. The van der Waals surface area contributed by atoms with Gasteiger partial charge in [-0.2, -0.15) is 5.10 Å². The SMILES string of the molecule is C=C/C(=C\C=C(C)C)N(/N=C/C)C(=C)C. The second kappa shape index (κ2) is 6.82. The first-order valence-corrected chi connectivity index (χ1v) is 4.94. The summed E-state index contributed by atoms with van der Waals surface area (Å²) in [5.74, 6) is 0. The van der Waals surface area contributed by atoms with Crippen LogP contribution in [0, 0.1) is 0 Å². The predicted molar refractivity (Wildman–Crippen MR) is 68.5 cm³/mol. The highest BCUT2D eigenvalue weighted by Crippen LogP contribution is 2.13. The largest absolute Gasteiger partial charge is 0.239 e. The summed E-state index contributed by atoms with van der Waals surface area (Å²) in [6.07, 6.45) is 7.50. The fourth-order valence-electron chi connectivity index (χ4n) is 0.978. The summed E-state index contributed by atoms with van der Waals surface area (Å²) in [6.45, 7) is 15.5. The van der Waals surface area contributed by atoms with Gasteiger partial charge in [-0.25, -0.2) is 5.01 Å². The van der Waals surface area contributed by atoms with Crippen LogP contribution in [-0.2, 0) is 0 Å². The molecular weight excluding hydrogens is 184 g/mol. The molecule has 0 aromatic carbocycles. The van der Waals surface area contributed by atoms with E-state index in [1.165, 1.54) is 5.57 Å². The average Bonchev–Trinajstić information content (AvgIpc) is 2.16. The van der Waals surface area contributed by atoms with E-state index in [0.29, 0.717) is 0 Å². The lowest BCUT2D eigenvalue weighted by molar-refractivity contribution is 0.475. The fraction of sp³-hybridized carbons (Fsp3) is 0.308. The van der Waals surface area contributed by atoms with Crippen molar-refractivity contribution in [2.45, 2.75) is 27.7 Å². The quantitative estimate of drug-likeness (QED) is 0.377. The Hall–Kier alpha value is -1.57. The number of rotatable bonds is 5. The van der Waals surface area contributed by atoms with Crippen molar-refractivity contribution in [1.82, 2.24) is 5.01 Å². The molecular formula is C13H20N2. The van der Waals surface area contributed by atoms with Crippen LogP contribution >= 0.6 is 0 Å². The van der Waals surface area contributed by atoms with Gasteiger partial charge in [0.2, 0.25) is 0 Å². The molecule has 0 aromatic heterocycles. The smallest absolute Gasteiger partial charge is 0.0642 e. The second-order valence-electron chi connectivity index (χ2n) is 3.46. The number of nitrogens with zero attached hydrogens (tertiary/aromatic N) is 2. The van der Waals surface area contributed by atoms with Gasteiger partial charge in [0.05, 0.1) is 5.70 Å². The minimum Gasteiger partial charge on any atom is -0.239 e. The number of hydrazone groups is 1. The van der Waals surface area contributed by atoms with Crippen molar-refractivity contribution in [3.8, 4) is 0 Å². The van der Waals surface area contributed by atoms with Crippen molar-refractivity contribution in [2.24, 2.45) is 5.10 Å². The highest BCUT2D eigenvalue weighted by Gasteiger charge is 2.03. The Morgan fingerprint density at radius 3 is 2.13 bits per heavy atom. The molecule has 0 N–H and O–H groups in total. The Kier molecular flexibility index (Phi) is 6.11. The molecule has 0 heterocycles. The normalized spacial score (nSPS) is 11.3. The molecule has 0 aliphatic rings. The molecule has 0 aliphatic heterocycles. The van der Waals surface area contributed by atoms with E-state index in [1.807, 2.05) is 39.8 Å². The summed E-state index contributed by atoms with van der Waals surface area (Å²) in [5.41, 5.74) is 3.01. The molecule has 0 radical (unpaired) electrons. The van der Waals surface area contributed by atoms with Crippen LogP contribution in [0.1, 0.15) is 27.7 Å². The first kappa shape index (κ1) is 13.4. The molecule has 0 amide bonds. The van der Waals surface area contributed by atoms with Crippen LogP contribution in [0.2, 0.25) is 0 Å². The third kappa shape index (κ3) is 5.01. The van der Waals surface area contributed by atoms with E-state index in [9.17, 15) is 0 Å². The van der Waals surface area contributed by atoms with Crippen molar-refractivity contribution in [2.75, 3.05) is 0 Å².